The molecule has 0 unspecified atom stereocenters. The fourth-order valence-electron chi connectivity index (χ4n) is 12.4. The molecule has 0 radical (unpaired) electrons. The van der Waals surface area contributed by atoms with Crippen molar-refractivity contribution >= 4 is 128 Å². The molecule has 564 valence electrons. The Morgan fingerprint density at radius 3 is 0.981 bits per heavy atom. The van der Waals surface area contributed by atoms with Gasteiger partial charge < -0.3 is 79.8 Å². The molecule has 0 atom stereocenters. The topological polar surface area (TPSA) is 384 Å². The molecule has 11 N–H and O–H groups in total. The summed E-state index contributed by atoms with van der Waals surface area (Å²) >= 11 is 0. The number of benzene rings is 3. The van der Waals surface area contributed by atoms with Crippen LogP contribution in [0.2, 0.25) is 0 Å². The van der Waals surface area contributed by atoms with Crippen LogP contribution in [0.5, 0.6) is 0 Å². The van der Waals surface area contributed by atoms with Crippen molar-refractivity contribution in [2.24, 2.45) is 49.3 Å². The average molecular weight is 1490 g/mol. The summed E-state index contributed by atoms with van der Waals surface area (Å²) in [5, 5.41) is 34.0. The summed E-state index contributed by atoms with van der Waals surface area (Å²) in [4.78, 5) is 155. The van der Waals surface area contributed by atoms with Gasteiger partial charge in [0.25, 0.3) is 41.4 Å². The second-order valence-electron chi connectivity index (χ2n) is 26.3. The van der Waals surface area contributed by atoms with Gasteiger partial charge in [0.2, 0.25) is 23.5 Å². The molecule has 0 saturated carbocycles. The number of amides is 11. The maximum absolute atomic E-state index is 13.6. The summed E-state index contributed by atoms with van der Waals surface area (Å²) in [7, 11) is 12.4. The van der Waals surface area contributed by atoms with Crippen LogP contribution in [-0.2, 0) is 68.5 Å². The Morgan fingerprint density at radius 1 is 0.333 bits per heavy atom. The third-order valence-electron chi connectivity index (χ3n) is 17.7. The summed E-state index contributed by atoms with van der Waals surface area (Å²) in [5.74, 6) is -5.08. The molecule has 0 saturated heterocycles. The smallest absolute Gasteiger partial charge is 0.344 e. The van der Waals surface area contributed by atoms with Crippen molar-refractivity contribution in [2.75, 3.05) is 83.8 Å². The molecule has 0 aliphatic carbocycles. The van der Waals surface area contributed by atoms with Crippen LogP contribution in [0.15, 0.2) is 165 Å². The molecule has 7 aromatic heterocycles. The summed E-state index contributed by atoms with van der Waals surface area (Å²) in [6.45, 7) is 0.498. The number of nitrogens with one attached hydrogen (secondary N) is 11. The SMILES string of the molecule is CN(C)CNC(=O)CCNC(=O)c1cc(NC(=O)c2cc(NC(=O)c3nc(NC(=O)CCNC(=O)c4cc(NC(=O)c5cc(NC(=O)c6cc(NC(=O)c7nc(NC(=O)CCNC(=O)CCCC[PH](c8ccccc8)(c8ccccc8)c8ccccc8)cn7C)cn6C)cn5C)cn4C)cn3C)cn2C)cn1C. The zero-order chi connectivity index (χ0) is 77.3. The fourth-order valence-corrected chi connectivity index (χ4v) is 17.3. The van der Waals surface area contributed by atoms with E-state index < -0.39 is 60.4 Å². The predicted octanol–water partition coefficient (Wildman–Crippen LogP) is 4.96. The Bertz CT molecular complexity index is 4890. The zero-order valence-corrected chi connectivity index (χ0v) is 62.3. The predicted molar refractivity (Wildman–Crippen MR) is 414 cm³/mol. The van der Waals surface area contributed by atoms with Gasteiger partial charge in [0.05, 0.1) is 35.1 Å². The summed E-state index contributed by atoms with van der Waals surface area (Å²) in [6.07, 6.45) is 13.2. The van der Waals surface area contributed by atoms with Gasteiger partial charge in [-0.3, -0.25) is 48.1 Å². The number of aryl methyl sites for hydroxylation is 7. The number of aromatic nitrogens is 9. The summed E-state index contributed by atoms with van der Waals surface area (Å²) < 4.78 is 10.4. The van der Waals surface area contributed by atoms with E-state index in [-0.39, 0.29) is 125 Å². The Labute approximate surface area is 622 Å². The minimum Gasteiger partial charge on any atom is -0.344 e. The van der Waals surface area contributed by atoms with Crippen LogP contribution in [0.1, 0.15) is 112 Å². The van der Waals surface area contributed by atoms with E-state index >= 15 is 0 Å². The van der Waals surface area contributed by atoms with Crippen molar-refractivity contribution in [3.05, 3.63) is 205 Å². The van der Waals surface area contributed by atoms with Gasteiger partial charge in [0, 0.05) is 112 Å². The van der Waals surface area contributed by atoms with Crippen LogP contribution in [0.25, 0.3) is 0 Å². The van der Waals surface area contributed by atoms with Crippen molar-refractivity contribution in [1.82, 2.24) is 68.1 Å². The Kier molecular flexibility index (Phi) is 25.3. The van der Waals surface area contributed by atoms with Gasteiger partial charge in [0.1, 0.15) is 28.5 Å². The van der Waals surface area contributed by atoms with Crippen LogP contribution >= 0.6 is 7.26 Å². The number of hydrogen-bond acceptors (Lipinski definition) is 14. The molecule has 33 heteroatoms. The second-order valence-corrected chi connectivity index (χ2v) is 30.3. The van der Waals surface area contributed by atoms with E-state index in [1.54, 1.807) is 60.4 Å². The minimum absolute atomic E-state index is 0.0236. The molecule has 0 aliphatic rings. The van der Waals surface area contributed by atoms with E-state index in [9.17, 15) is 52.7 Å². The van der Waals surface area contributed by atoms with Crippen LogP contribution < -0.4 is 74.4 Å². The number of carbonyl (C=O) groups excluding carboxylic acids is 11. The summed E-state index contributed by atoms with van der Waals surface area (Å²) in [5.41, 5.74) is 2.35. The molecule has 0 bridgehead atoms. The minimum atomic E-state index is -2.43. The monoisotopic (exact) mass is 1490 g/mol. The molecule has 0 fully saturated rings. The number of carbonyl (C=O) groups is 11. The first-order valence-electron chi connectivity index (χ1n) is 34.7. The molecule has 32 nitrogen and oxygen atoms in total. The first kappa shape index (κ1) is 77.6. The average Bonchev–Trinajstić information content (AvgIpc) is 1.39. The first-order valence-corrected chi connectivity index (χ1v) is 36.9. The normalized spacial score (nSPS) is 11.3. The van der Waals surface area contributed by atoms with Gasteiger partial charge in [-0.1, -0.05) is 0 Å². The second kappa shape index (κ2) is 35.2. The van der Waals surface area contributed by atoms with Gasteiger partial charge in [-0.15, -0.1) is 0 Å². The van der Waals surface area contributed by atoms with Gasteiger partial charge in [0.15, 0.2) is 5.82 Å². The van der Waals surface area contributed by atoms with Gasteiger partial charge in [-0.2, -0.15) is 0 Å². The van der Waals surface area contributed by atoms with E-state index in [4.69, 9.17) is 0 Å². The molecule has 10 aromatic rings. The molecule has 0 aliphatic heterocycles. The van der Waals surface area contributed by atoms with Crippen molar-refractivity contribution in [3.63, 3.8) is 0 Å². The third-order valence-corrected chi connectivity index (χ3v) is 22.8. The van der Waals surface area contributed by atoms with Crippen LogP contribution in [0, 0.1) is 0 Å². The van der Waals surface area contributed by atoms with E-state index in [0.717, 1.165) is 12.6 Å². The number of anilines is 7. The van der Waals surface area contributed by atoms with Gasteiger partial charge in [-0.25, -0.2) is 4.98 Å². The van der Waals surface area contributed by atoms with Crippen molar-refractivity contribution in [3.8, 4) is 0 Å². The zero-order valence-electron chi connectivity index (χ0n) is 61.3. The number of unbranched alkanes of at least 4 members (excludes halogenated alkanes) is 1. The third kappa shape index (κ3) is 19.7. The number of rotatable bonds is 33. The number of imidazole rings is 2. The fraction of sp³-hybridized carbons (Fsp3) is 0.267. The van der Waals surface area contributed by atoms with Crippen LogP contribution in [0.3, 0.4) is 0 Å². The van der Waals surface area contributed by atoms with E-state index in [0.29, 0.717) is 25.2 Å². The van der Waals surface area contributed by atoms with Crippen molar-refractivity contribution < 1.29 is 52.7 Å². The molecule has 7 heterocycles. The van der Waals surface area contributed by atoms with E-state index in [2.05, 4.69) is 141 Å². The summed E-state index contributed by atoms with van der Waals surface area (Å²) in [6, 6.07) is 39.2. The first-order chi connectivity index (χ1) is 51.7. The molecule has 10 rings (SSSR count). The molecule has 108 heavy (non-hydrogen) atoms. The van der Waals surface area contributed by atoms with Crippen molar-refractivity contribution in [1.29, 1.82) is 0 Å². The molecular formula is C75H88N21O11P. The Balaban J connectivity index is 0.626. The van der Waals surface area contributed by atoms with E-state index in [1.807, 2.05) is 32.3 Å². The Morgan fingerprint density at radius 2 is 0.639 bits per heavy atom. The van der Waals surface area contributed by atoms with Gasteiger partial charge in [-0.05, 0) is 44.4 Å². The van der Waals surface area contributed by atoms with E-state index in [1.165, 1.54) is 115 Å². The van der Waals surface area contributed by atoms with Crippen LogP contribution in [-0.4, -0.2) is 158 Å². The van der Waals surface area contributed by atoms with Crippen LogP contribution in [0.4, 0.5) is 40.1 Å². The number of nitrogens with zero attached hydrogens (tertiary/aromatic N) is 10. The quantitative estimate of drug-likeness (QED) is 0.0147. The molecule has 3 aromatic carbocycles. The number of hydrogen-bond donors (Lipinski definition) is 11. The molecule has 0 spiro atoms. The Hall–Kier alpha value is -13.0. The van der Waals surface area contributed by atoms with Gasteiger partial charge >= 0.3 is 202 Å². The standard InChI is InChI=1S/C75H88N21O11P/c1-89(2)47-79-64(98)28-32-77-69(101)56-35-48(40-90(56)3)81-72(104)59-38-51(43-93(59)6)83-75(107)68-88-62(46-96(68)9)86-66(100)30-33-78-70(102)57-36-49(41-91(57)4)80-71(103)58-37-50(42-92(58)5)82-73(105)60-39-52(44-94(60)7)84-74(106)67-87-61(45-95(67)8)85-65(99)29-31-76-63(97)27-19-20-34-108(53-21-13-10-14-22-53,54-23-15-11-16-24-54)55-25-17-12-18-26-55/h10-18,21-26,35-46,108H,19-20,27-34,47H2,1-9H3,(H,76,97)(H,77,101)(H,78,102)(H,79,98)(H,80,103)(H,81,104)(H,82,105)(H,83,107)(H,84,106)(H,85,99)(H,86,100). The maximum atomic E-state index is 13.6. The van der Waals surface area contributed by atoms with Crippen molar-refractivity contribution in [2.45, 2.75) is 38.5 Å². The molecule has 11 amide bonds. The molecular weight excluding hydrogens is 1400 g/mol.